The molecule has 0 spiro atoms. The van der Waals surface area contributed by atoms with Gasteiger partial charge in [0.25, 0.3) is 0 Å². The van der Waals surface area contributed by atoms with Crippen LogP contribution >= 0.6 is 0 Å². The van der Waals surface area contributed by atoms with Crippen LogP contribution in [0.2, 0.25) is 0 Å². The first-order valence-corrected chi connectivity index (χ1v) is 8.97. The van der Waals surface area contributed by atoms with E-state index in [4.69, 9.17) is 9.52 Å². The third-order valence-corrected chi connectivity index (χ3v) is 5.15. The Morgan fingerprint density at radius 1 is 1.33 bits per heavy atom. The molecule has 0 aliphatic rings. The Morgan fingerprint density at radius 3 is 2.67 bits per heavy atom. The fraction of sp³-hybridized carbons (Fsp3) is 0.312. The fourth-order valence-corrected chi connectivity index (χ4v) is 3.57. The van der Waals surface area contributed by atoms with E-state index in [0.717, 1.165) is 6.07 Å². The molecule has 0 saturated heterocycles. The lowest BCUT2D eigenvalue weighted by molar-refractivity contribution is 0.0696. The van der Waals surface area contributed by atoms with Crippen LogP contribution in [0.1, 0.15) is 36.4 Å². The Balaban J connectivity index is 2.37. The van der Waals surface area contributed by atoms with Gasteiger partial charge in [-0.2, -0.15) is 0 Å². The zero-order chi connectivity index (χ0) is 17.7. The number of rotatable bonds is 8. The van der Waals surface area contributed by atoms with Gasteiger partial charge in [-0.3, -0.25) is 0 Å². The highest BCUT2D eigenvalue weighted by Crippen LogP contribution is 2.24. The number of carboxylic acid groups (broad SMARTS) is 1. The van der Waals surface area contributed by atoms with Gasteiger partial charge < -0.3 is 14.8 Å². The summed E-state index contributed by atoms with van der Waals surface area (Å²) < 4.78 is 32.9. The number of anilines is 1. The first-order chi connectivity index (χ1) is 11.3. The second-order valence-corrected chi connectivity index (χ2v) is 7.06. The van der Waals surface area contributed by atoms with Gasteiger partial charge in [0.2, 0.25) is 10.0 Å². The minimum absolute atomic E-state index is 0.0944. The van der Waals surface area contributed by atoms with E-state index in [9.17, 15) is 13.2 Å². The summed E-state index contributed by atoms with van der Waals surface area (Å²) in [4.78, 5) is 11.1. The number of sulfonamides is 1. The number of hydrogen-bond acceptors (Lipinski definition) is 5. The summed E-state index contributed by atoms with van der Waals surface area (Å²) in [6.45, 7) is 3.89. The van der Waals surface area contributed by atoms with Crippen LogP contribution in [-0.2, 0) is 16.6 Å². The maximum atomic E-state index is 12.6. The van der Waals surface area contributed by atoms with Gasteiger partial charge in [0.15, 0.2) is 0 Å². The first kappa shape index (κ1) is 18.0. The van der Waals surface area contributed by atoms with Crippen LogP contribution in [-0.4, -0.2) is 25.5 Å². The van der Waals surface area contributed by atoms with Crippen molar-refractivity contribution in [1.29, 1.82) is 0 Å². The molecule has 1 aromatic heterocycles. The second-order valence-electron chi connectivity index (χ2n) is 5.38. The summed E-state index contributed by atoms with van der Waals surface area (Å²) in [6, 6.07) is 7.17. The Hall–Kier alpha value is -2.32. The molecule has 2 aromatic rings. The summed E-state index contributed by atoms with van der Waals surface area (Å²) in [7, 11) is -3.86. The van der Waals surface area contributed by atoms with Crippen molar-refractivity contribution in [2.24, 2.45) is 0 Å². The molecule has 0 unspecified atom stereocenters. The fourth-order valence-electron chi connectivity index (χ4n) is 2.03. The van der Waals surface area contributed by atoms with Crippen LogP contribution in [0.15, 0.2) is 45.9 Å². The highest BCUT2D eigenvalue weighted by Gasteiger charge is 2.22. The minimum atomic E-state index is -3.86. The SMILES string of the molecule is CC[C@H](C)NS(=O)(=O)c1cc(C(=O)O)ccc1NCc1ccco1. The maximum absolute atomic E-state index is 12.6. The van der Waals surface area contributed by atoms with Gasteiger partial charge in [0.1, 0.15) is 10.7 Å². The number of furan rings is 1. The van der Waals surface area contributed by atoms with Gasteiger partial charge in [0.05, 0.1) is 24.1 Å². The van der Waals surface area contributed by atoms with Crippen molar-refractivity contribution in [1.82, 2.24) is 4.72 Å². The molecular formula is C16H20N2O5S. The number of aromatic carboxylic acids is 1. The number of carboxylic acids is 1. The highest BCUT2D eigenvalue weighted by molar-refractivity contribution is 7.89. The lowest BCUT2D eigenvalue weighted by atomic mass is 10.2. The van der Waals surface area contributed by atoms with E-state index in [-0.39, 0.29) is 23.0 Å². The van der Waals surface area contributed by atoms with E-state index in [1.54, 1.807) is 19.1 Å². The van der Waals surface area contributed by atoms with Crippen molar-refractivity contribution in [3.63, 3.8) is 0 Å². The normalized spacial score (nSPS) is 12.8. The molecule has 3 N–H and O–H groups in total. The van der Waals surface area contributed by atoms with E-state index in [2.05, 4.69) is 10.0 Å². The molecule has 1 atom stereocenters. The maximum Gasteiger partial charge on any atom is 0.335 e. The van der Waals surface area contributed by atoms with Crippen LogP contribution in [0, 0.1) is 0 Å². The van der Waals surface area contributed by atoms with Gasteiger partial charge in [0, 0.05) is 6.04 Å². The number of benzene rings is 1. The molecule has 1 heterocycles. The lowest BCUT2D eigenvalue weighted by Gasteiger charge is -2.16. The van der Waals surface area contributed by atoms with Gasteiger partial charge in [-0.1, -0.05) is 6.92 Å². The van der Waals surface area contributed by atoms with Crippen molar-refractivity contribution in [2.45, 2.75) is 37.8 Å². The molecule has 8 heteroatoms. The molecule has 0 fully saturated rings. The van der Waals surface area contributed by atoms with E-state index in [1.807, 2.05) is 6.92 Å². The van der Waals surface area contributed by atoms with E-state index in [0.29, 0.717) is 17.9 Å². The molecule has 0 aliphatic carbocycles. The van der Waals surface area contributed by atoms with Crippen LogP contribution in [0.4, 0.5) is 5.69 Å². The number of nitrogens with one attached hydrogen (secondary N) is 2. The van der Waals surface area contributed by atoms with Crippen LogP contribution in [0.3, 0.4) is 0 Å². The average Bonchev–Trinajstić information content (AvgIpc) is 3.05. The molecule has 1 aromatic carbocycles. The average molecular weight is 352 g/mol. The predicted molar refractivity (Wildman–Crippen MR) is 89.5 cm³/mol. The third kappa shape index (κ3) is 4.36. The third-order valence-electron chi connectivity index (χ3n) is 3.52. The monoisotopic (exact) mass is 352 g/mol. The minimum Gasteiger partial charge on any atom is -0.478 e. The van der Waals surface area contributed by atoms with Gasteiger partial charge >= 0.3 is 5.97 Å². The van der Waals surface area contributed by atoms with E-state index in [1.165, 1.54) is 18.4 Å². The molecule has 130 valence electrons. The highest BCUT2D eigenvalue weighted by atomic mass is 32.2. The summed E-state index contributed by atoms with van der Waals surface area (Å²) in [5, 5.41) is 12.1. The topological polar surface area (TPSA) is 109 Å². The number of carbonyl (C=O) groups is 1. The molecule has 0 saturated carbocycles. The molecule has 0 aliphatic heterocycles. The van der Waals surface area contributed by atoms with Crippen molar-refractivity contribution in [3.8, 4) is 0 Å². The molecule has 0 bridgehead atoms. The first-order valence-electron chi connectivity index (χ1n) is 7.49. The molecule has 0 radical (unpaired) electrons. The van der Waals surface area contributed by atoms with E-state index >= 15 is 0 Å². The predicted octanol–water partition coefficient (Wildman–Crippen LogP) is 2.67. The van der Waals surface area contributed by atoms with Crippen LogP contribution in [0.25, 0.3) is 0 Å². The van der Waals surface area contributed by atoms with Crippen LogP contribution in [0.5, 0.6) is 0 Å². The molecule has 2 rings (SSSR count). The Kier molecular flexibility index (Phi) is 5.63. The standard InChI is InChI=1S/C16H20N2O5S/c1-3-11(2)18-24(21,22)15-9-12(16(19)20)6-7-14(15)17-10-13-5-4-8-23-13/h4-9,11,17-18H,3,10H2,1-2H3,(H,19,20)/t11-/m0/s1. The Labute approximate surface area is 140 Å². The number of hydrogen-bond donors (Lipinski definition) is 3. The van der Waals surface area contributed by atoms with Crippen molar-refractivity contribution < 1.29 is 22.7 Å². The lowest BCUT2D eigenvalue weighted by Crippen LogP contribution is -2.32. The van der Waals surface area contributed by atoms with Crippen molar-refractivity contribution >= 4 is 21.7 Å². The van der Waals surface area contributed by atoms with Crippen molar-refractivity contribution in [3.05, 3.63) is 47.9 Å². The summed E-state index contributed by atoms with van der Waals surface area (Å²) in [6.07, 6.45) is 2.14. The molecule has 7 nitrogen and oxygen atoms in total. The largest absolute Gasteiger partial charge is 0.478 e. The van der Waals surface area contributed by atoms with Gasteiger partial charge in [-0.25, -0.2) is 17.9 Å². The summed E-state index contributed by atoms with van der Waals surface area (Å²) in [5.41, 5.74) is 0.218. The molecule has 24 heavy (non-hydrogen) atoms. The van der Waals surface area contributed by atoms with E-state index < -0.39 is 16.0 Å². The second kappa shape index (κ2) is 7.50. The zero-order valence-corrected chi connectivity index (χ0v) is 14.3. The Bertz CT molecular complexity index is 800. The quantitative estimate of drug-likeness (QED) is 0.674. The smallest absolute Gasteiger partial charge is 0.335 e. The Morgan fingerprint density at radius 2 is 2.08 bits per heavy atom. The zero-order valence-electron chi connectivity index (χ0n) is 13.4. The van der Waals surface area contributed by atoms with Gasteiger partial charge in [-0.05, 0) is 43.7 Å². The van der Waals surface area contributed by atoms with Crippen molar-refractivity contribution in [2.75, 3.05) is 5.32 Å². The summed E-state index contributed by atoms with van der Waals surface area (Å²) >= 11 is 0. The van der Waals surface area contributed by atoms with Gasteiger partial charge in [-0.15, -0.1) is 0 Å². The molecular weight excluding hydrogens is 332 g/mol. The molecule has 0 amide bonds. The summed E-state index contributed by atoms with van der Waals surface area (Å²) in [5.74, 6) is -0.553. The van der Waals surface area contributed by atoms with Crippen LogP contribution < -0.4 is 10.0 Å².